The van der Waals surface area contributed by atoms with E-state index in [0.29, 0.717) is 25.4 Å². The summed E-state index contributed by atoms with van der Waals surface area (Å²) in [7, 11) is 3.12. The number of carboxylic acids is 2. The quantitative estimate of drug-likeness (QED) is 0.151. The van der Waals surface area contributed by atoms with Crippen LogP contribution in [0.1, 0.15) is 32.1 Å². The van der Waals surface area contributed by atoms with Crippen molar-refractivity contribution in [1.29, 1.82) is 0 Å². The van der Waals surface area contributed by atoms with E-state index in [1.54, 1.807) is 38.5 Å². The van der Waals surface area contributed by atoms with Crippen LogP contribution in [-0.4, -0.2) is 95.8 Å². The van der Waals surface area contributed by atoms with Gasteiger partial charge < -0.3 is 40.0 Å². The van der Waals surface area contributed by atoms with Gasteiger partial charge in [-0.1, -0.05) is 42.5 Å². The molecular formula is C28H35N3O10. The molecule has 1 heterocycles. The number of ether oxygens (including phenoxy) is 4. The van der Waals surface area contributed by atoms with Crippen LogP contribution in [0.4, 0.5) is 0 Å². The van der Waals surface area contributed by atoms with Gasteiger partial charge in [-0.3, -0.25) is 4.68 Å². The highest BCUT2D eigenvalue weighted by atomic mass is 16.6. The van der Waals surface area contributed by atoms with Gasteiger partial charge in [-0.15, -0.1) is 0 Å². The zero-order chi connectivity index (χ0) is 30.2. The summed E-state index contributed by atoms with van der Waals surface area (Å²) in [6.07, 6.45) is -0.939. The summed E-state index contributed by atoms with van der Waals surface area (Å²) in [6.45, 7) is 1.43. The van der Waals surface area contributed by atoms with E-state index < -0.39 is 30.1 Å². The zero-order valence-corrected chi connectivity index (χ0v) is 22.8. The van der Waals surface area contributed by atoms with Crippen LogP contribution in [0.15, 0.2) is 60.7 Å². The van der Waals surface area contributed by atoms with Gasteiger partial charge in [-0.25, -0.2) is 14.4 Å². The number of aromatic nitrogens is 2. The van der Waals surface area contributed by atoms with Crippen LogP contribution in [-0.2, 0) is 32.0 Å². The van der Waals surface area contributed by atoms with E-state index in [1.807, 2.05) is 30.3 Å². The molecule has 41 heavy (non-hydrogen) atoms. The number of carbonyl (C=O) groups excluding carboxylic acids is 1. The molecule has 0 aliphatic carbocycles. The molecule has 2 aromatic carbocycles. The number of hydrogen-bond acceptors (Lipinski definition) is 10. The van der Waals surface area contributed by atoms with Crippen molar-refractivity contribution >= 4 is 17.9 Å². The van der Waals surface area contributed by atoms with Gasteiger partial charge in [-0.2, -0.15) is 5.10 Å². The van der Waals surface area contributed by atoms with Crippen LogP contribution < -0.4 is 10.5 Å². The fourth-order valence-corrected chi connectivity index (χ4v) is 3.42. The SMILES string of the molecule is COCCOCCOC(=O)[C@H](O)[C@H](N)Cc1ccccc1.COc1ccc(Cn2nc(C(=O)O)cc2C(=O)O)cc1. The Labute approximate surface area is 237 Å². The topological polar surface area (TPSA) is 193 Å². The summed E-state index contributed by atoms with van der Waals surface area (Å²) < 4.78 is 21.0. The van der Waals surface area contributed by atoms with Gasteiger partial charge in [0, 0.05) is 19.2 Å². The predicted octanol–water partition coefficient (Wildman–Crippen LogP) is 1.46. The first kappa shape index (κ1) is 32.9. The lowest BCUT2D eigenvalue weighted by molar-refractivity contribution is -0.156. The van der Waals surface area contributed by atoms with Crippen LogP contribution in [0.2, 0.25) is 0 Å². The molecule has 1 aromatic heterocycles. The van der Waals surface area contributed by atoms with Crippen molar-refractivity contribution in [2.75, 3.05) is 40.6 Å². The lowest BCUT2D eigenvalue weighted by Gasteiger charge is -2.17. The highest BCUT2D eigenvalue weighted by Gasteiger charge is 2.24. The van der Waals surface area contributed by atoms with Gasteiger partial charge >= 0.3 is 17.9 Å². The Bertz CT molecular complexity index is 1230. The number of carboxylic acid groups (broad SMARTS) is 2. The Morgan fingerprint density at radius 2 is 1.56 bits per heavy atom. The maximum atomic E-state index is 11.6. The molecule has 0 fully saturated rings. The first-order valence-electron chi connectivity index (χ1n) is 12.5. The fourth-order valence-electron chi connectivity index (χ4n) is 3.42. The number of aliphatic hydroxyl groups is 1. The second kappa shape index (κ2) is 17.4. The molecule has 0 radical (unpaired) electrons. The van der Waals surface area contributed by atoms with Gasteiger partial charge in [0.25, 0.3) is 0 Å². The number of nitrogens with two attached hydrogens (primary N) is 1. The van der Waals surface area contributed by atoms with Crippen molar-refractivity contribution in [1.82, 2.24) is 9.78 Å². The highest BCUT2D eigenvalue weighted by Crippen LogP contribution is 2.14. The van der Waals surface area contributed by atoms with Crippen molar-refractivity contribution in [3.8, 4) is 5.75 Å². The molecule has 2 atom stereocenters. The molecule has 3 aromatic rings. The molecule has 222 valence electrons. The van der Waals surface area contributed by atoms with Crippen LogP contribution in [0.5, 0.6) is 5.75 Å². The summed E-state index contributed by atoms with van der Waals surface area (Å²) in [6, 6.07) is 16.7. The number of aromatic carboxylic acids is 2. The molecule has 0 amide bonds. The Balaban J connectivity index is 0.000000287. The van der Waals surface area contributed by atoms with Gasteiger partial charge in [0.1, 0.15) is 18.1 Å². The lowest BCUT2D eigenvalue weighted by Crippen LogP contribution is -2.43. The summed E-state index contributed by atoms with van der Waals surface area (Å²) >= 11 is 0. The standard InChI is InChI=1S/C15H23NO5.C13H12N2O5/c1-19-7-8-20-9-10-21-15(18)14(17)13(16)11-12-5-3-2-4-6-12;1-20-9-4-2-8(3-5-9)7-15-11(13(18)19)6-10(14-15)12(16)17/h2-6,13-14,17H,7-11,16H2,1H3;2-6H,7H2,1H3,(H,16,17)(H,18,19)/t13-,14-;/m1./s1. The molecule has 5 N–H and O–H groups in total. The Hall–Kier alpha value is -4.30. The van der Waals surface area contributed by atoms with E-state index in [2.05, 4.69) is 5.10 Å². The van der Waals surface area contributed by atoms with E-state index in [0.717, 1.165) is 21.9 Å². The second-order valence-corrected chi connectivity index (χ2v) is 8.60. The van der Waals surface area contributed by atoms with E-state index in [1.165, 1.54) is 0 Å². The van der Waals surface area contributed by atoms with Crippen LogP contribution in [0.25, 0.3) is 0 Å². The number of aliphatic hydroxyl groups excluding tert-OH is 1. The highest BCUT2D eigenvalue weighted by molar-refractivity contribution is 5.91. The second-order valence-electron chi connectivity index (χ2n) is 8.60. The van der Waals surface area contributed by atoms with Crippen molar-refractivity contribution in [2.24, 2.45) is 5.73 Å². The normalized spacial score (nSPS) is 12.0. The Morgan fingerprint density at radius 3 is 2.15 bits per heavy atom. The molecule has 0 aliphatic heterocycles. The third kappa shape index (κ3) is 11.4. The molecular weight excluding hydrogens is 538 g/mol. The number of rotatable bonds is 15. The average Bonchev–Trinajstić information content (AvgIpc) is 3.40. The summed E-state index contributed by atoms with van der Waals surface area (Å²) in [5, 5.41) is 31.5. The monoisotopic (exact) mass is 573 g/mol. The first-order chi connectivity index (χ1) is 19.7. The zero-order valence-electron chi connectivity index (χ0n) is 22.8. The minimum atomic E-state index is -1.34. The third-order valence-electron chi connectivity index (χ3n) is 5.57. The maximum Gasteiger partial charge on any atom is 0.356 e. The number of methoxy groups -OCH3 is 2. The summed E-state index contributed by atoms with van der Waals surface area (Å²) in [5.41, 5.74) is 7.10. The van der Waals surface area contributed by atoms with E-state index >= 15 is 0 Å². The van der Waals surface area contributed by atoms with Gasteiger partial charge in [0.2, 0.25) is 0 Å². The summed E-state index contributed by atoms with van der Waals surface area (Å²) in [4.78, 5) is 33.5. The molecule has 0 unspecified atom stereocenters. The number of hydrogen-bond donors (Lipinski definition) is 4. The molecule has 0 saturated carbocycles. The summed E-state index contributed by atoms with van der Waals surface area (Å²) in [5.74, 6) is -2.54. The first-order valence-corrected chi connectivity index (χ1v) is 12.5. The van der Waals surface area contributed by atoms with Gasteiger partial charge in [0.05, 0.1) is 33.5 Å². The van der Waals surface area contributed by atoms with Crippen molar-refractivity contribution in [3.63, 3.8) is 0 Å². The Kier molecular flexibility index (Phi) is 14.0. The van der Waals surface area contributed by atoms with Gasteiger partial charge in [-0.05, 0) is 29.7 Å². The minimum Gasteiger partial charge on any atom is -0.497 e. The van der Waals surface area contributed by atoms with Gasteiger partial charge in [0.15, 0.2) is 11.8 Å². The van der Waals surface area contributed by atoms with E-state index in [9.17, 15) is 19.5 Å². The molecule has 0 saturated heterocycles. The fraction of sp³-hybridized carbons (Fsp3) is 0.357. The van der Waals surface area contributed by atoms with Crippen LogP contribution in [0, 0.1) is 0 Å². The maximum absolute atomic E-state index is 11.6. The minimum absolute atomic E-state index is 0.0810. The average molecular weight is 574 g/mol. The molecule has 13 nitrogen and oxygen atoms in total. The number of nitrogens with zero attached hydrogens (tertiary/aromatic N) is 2. The largest absolute Gasteiger partial charge is 0.497 e. The van der Waals surface area contributed by atoms with Crippen LogP contribution >= 0.6 is 0 Å². The molecule has 3 rings (SSSR count). The van der Waals surface area contributed by atoms with Crippen LogP contribution in [0.3, 0.4) is 0 Å². The lowest BCUT2D eigenvalue weighted by atomic mass is 10.0. The predicted molar refractivity (Wildman–Crippen MR) is 146 cm³/mol. The van der Waals surface area contributed by atoms with E-state index in [4.69, 9.17) is 34.9 Å². The van der Waals surface area contributed by atoms with Crippen molar-refractivity contribution in [3.05, 3.63) is 83.2 Å². The molecule has 13 heteroatoms. The number of benzene rings is 2. The van der Waals surface area contributed by atoms with Crippen molar-refractivity contribution in [2.45, 2.75) is 25.1 Å². The molecule has 0 aliphatic rings. The Morgan fingerprint density at radius 1 is 0.902 bits per heavy atom. The van der Waals surface area contributed by atoms with Crippen molar-refractivity contribution < 1.29 is 48.7 Å². The number of esters is 1. The third-order valence-corrected chi connectivity index (χ3v) is 5.57. The molecule has 0 spiro atoms. The number of carbonyl (C=O) groups is 3. The van der Waals surface area contributed by atoms with E-state index in [-0.39, 0.29) is 31.1 Å². The smallest absolute Gasteiger partial charge is 0.356 e. The molecule has 0 bridgehead atoms.